The van der Waals surface area contributed by atoms with E-state index >= 15 is 0 Å². The number of nitrogens with zero attached hydrogens (tertiary/aromatic N) is 2. The van der Waals surface area contributed by atoms with E-state index in [2.05, 4.69) is 4.98 Å². The molecule has 0 fully saturated rings. The van der Waals surface area contributed by atoms with Crippen molar-refractivity contribution in [2.75, 3.05) is 0 Å². The molecule has 0 aliphatic carbocycles. The van der Waals surface area contributed by atoms with Gasteiger partial charge in [0.15, 0.2) is 17.3 Å². The van der Waals surface area contributed by atoms with Gasteiger partial charge in [0.2, 0.25) is 5.78 Å². The number of benzene rings is 2. The van der Waals surface area contributed by atoms with Gasteiger partial charge in [-0.15, -0.1) is 0 Å². The van der Waals surface area contributed by atoms with Gasteiger partial charge in [-0.3, -0.25) is 14.2 Å². The van der Waals surface area contributed by atoms with Crippen LogP contribution < -0.4 is 5.56 Å². The molecule has 2 heterocycles. The highest BCUT2D eigenvalue weighted by Crippen LogP contribution is 2.30. The SMILES string of the molecule is O=C1c2ccccc2-n2c1nc1cc(O)c(O)cc1c2=O. The molecule has 21 heavy (non-hydrogen) atoms. The van der Waals surface area contributed by atoms with Crippen LogP contribution in [0.15, 0.2) is 41.2 Å². The first kappa shape index (κ1) is 11.7. The Morgan fingerprint density at radius 2 is 1.71 bits per heavy atom. The quantitative estimate of drug-likeness (QED) is 0.474. The highest BCUT2D eigenvalue weighted by Gasteiger charge is 2.30. The Balaban J connectivity index is 2.20. The highest BCUT2D eigenvalue weighted by atomic mass is 16.3. The van der Waals surface area contributed by atoms with Crippen LogP contribution in [0.1, 0.15) is 16.2 Å². The molecule has 0 radical (unpaired) electrons. The van der Waals surface area contributed by atoms with Gasteiger partial charge in [-0.1, -0.05) is 12.1 Å². The third-order valence-corrected chi connectivity index (χ3v) is 3.56. The normalized spacial score (nSPS) is 12.5. The average molecular weight is 280 g/mol. The average Bonchev–Trinajstić information content (AvgIpc) is 2.76. The standard InChI is InChI=1S/C15H8N2O4/c18-11-5-8-9(6-12(11)19)16-14-13(20)7-3-1-2-4-10(7)17(14)15(8)21/h1-6,18-19H. The zero-order chi connectivity index (χ0) is 14.7. The summed E-state index contributed by atoms with van der Waals surface area (Å²) in [6, 6.07) is 9.06. The van der Waals surface area contributed by atoms with Crippen molar-refractivity contribution in [3.05, 3.63) is 58.1 Å². The van der Waals surface area contributed by atoms with Crippen LogP contribution in [0, 0.1) is 0 Å². The number of para-hydroxylation sites is 1. The van der Waals surface area contributed by atoms with E-state index in [0.717, 1.165) is 6.07 Å². The third-order valence-electron chi connectivity index (χ3n) is 3.56. The number of hydrogen-bond acceptors (Lipinski definition) is 5. The van der Waals surface area contributed by atoms with E-state index in [4.69, 9.17) is 0 Å². The number of aromatic hydroxyl groups is 2. The van der Waals surface area contributed by atoms with Crippen LogP contribution in [-0.2, 0) is 0 Å². The summed E-state index contributed by atoms with van der Waals surface area (Å²) in [7, 11) is 0. The molecular weight excluding hydrogens is 272 g/mol. The summed E-state index contributed by atoms with van der Waals surface area (Å²) in [4.78, 5) is 29.0. The fraction of sp³-hybridized carbons (Fsp3) is 0. The van der Waals surface area contributed by atoms with Crippen LogP contribution in [0.4, 0.5) is 0 Å². The first-order valence-electron chi connectivity index (χ1n) is 6.21. The lowest BCUT2D eigenvalue weighted by molar-refractivity contribution is 0.103. The van der Waals surface area contributed by atoms with E-state index < -0.39 is 11.3 Å². The van der Waals surface area contributed by atoms with Crippen molar-refractivity contribution in [1.82, 2.24) is 9.55 Å². The van der Waals surface area contributed by atoms with Crippen molar-refractivity contribution in [3.8, 4) is 17.2 Å². The molecule has 0 saturated heterocycles. The van der Waals surface area contributed by atoms with Crippen molar-refractivity contribution in [2.45, 2.75) is 0 Å². The number of phenolic OH excluding ortho intramolecular Hbond substituents is 2. The fourth-order valence-electron chi connectivity index (χ4n) is 2.57. The Bertz CT molecular complexity index is 1000. The van der Waals surface area contributed by atoms with Gasteiger partial charge in [-0.2, -0.15) is 0 Å². The number of carbonyl (C=O) groups excluding carboxylic acids is 1. The smallest absolute Gasteiger partial charge is 0.266 e. The van der Waals surface area contributed by atoms with E-state index in [1.165, 1.54) is 10.6 Å². The number of carbonyl (C=O) groups is 1. The molecule has 0 spiro atoms. The second-order valence-electron chi connectivity index (χ2n) is 4.78. The van der Waals surface area contributed by atoms with Gasteiger partial charge in [0, 0.05) is 6.07 Å². The Labute approximate surface area is 117 Å². The second-order valence-corrected chi connectivity index (χ2v) is 4.78. The molecule has 2 aromatic carbocycles. The van der Waals surface area contributed by atoms with Gasteiger partial charge in [0.05, 0.1) is 22.2 Å². The van der Waals surface area contributed by atoms with Crippen molar-refractivity contribution >= 4 is 16.7 Å². The first-order valence-corrected chi connectivity index (χ1v) is 6.21. The Morgan fingerprint density at radius 1 is 1.00 bits per heavy atom. The maximum absolute atomic E-state index is 12.6. The monoisotopic (exact) mass is 280 g/mol. The zero-order valence-corrected chi connectivity index (χ0v) is 10.6. The predicted octanol–water partition coefficient (Wildman–Crippen LogP) is 1.34. The van der Waals surface area contributed by atoms with Crippen molar-refractivity contribution < 1.29 is 15.0 Å². The van der Waals surface area contributed by atoms with E-state index in [9.17, 15) is 19.8 Å². The molecule has 0 bridgehead atoms. The van der Waals surface area contributed by atoms with Gasteiger partial charge in [0.1, 0.15) is 0 Å². The molecule has 0 amide bonds. The van der Waals surface area contributed by atoms with E-state index in [0.29, 0.717) is 11.3 Å². The molecular formula is C15H8N2O4. The lowest BCUT2D eigenvalue weighted by Crippen LogP contribution is -2.21. The highest BCUT2D eigenvalue weighted by molar-refractivity contribution is 6.13. The second kappa shape index (κ2) is 3.69. The maximum Gasteiger partial charge on any atom is 0.266 e. The molecule has 102 valence electrons. The molecule has 1 aliphatic rings. The molecule has 0 atom stereocenters. The largest absolute Gasteiger partial charge is 0.504 e. The minimum atomic E-state index is -0.455. The Kier molecular flexibility index (Phi) is 2.05. The van der Waals surface area contributed by atoms with E-state index in [1.54, 1.807) is 24.3 Å². The summed E-state index contributed by atoms with van der Waals surface area (Å²) < 4.78 is 1.23. The summed E-state index contributed by atoms with van der Waals surface area (Å²) >= 11 is 0. The van der Waals surface area contributed by atoms with Crippen molar-refractivity contribution in [2.24, 2.45) is 0 Å². The van der Waals surface area contributed by atoms with Crippen LogP contribution in [0.3, 0.4) is 0 Å². The lowest BCUT2D eigenvalue weighted by Gasteiger charge is -2.06. The molecule has 1 aromatic heterocycles. The predicted molar refractivity (Wildman–Crippen MR) is 74.1 cm³/mol. The van der Waals surface area contributed by atoms with Gasteiger partial charge in [0.25, 0.3) is 5.56 Å². The van der Waals surface area contributed by atoms with Crippen molar-refractivity contribution in [1.29, 1.82) is 0 Å². The summed E-state index contributed by atoms with van der Waals surface area (Å²) in [6.07, 6.45) is 0. The molecule has 0 unspecified atom stereocenters. The summed E-state index contributed by atoms with van der Waals surface area (Å²) in [5.41, 5.74) is 0.599. The summed E-state index contributed by atoms with van der Waals surface area (Å²) in [6.45, 7) is 0. The number of aromatic nitrogens is 2. The first-order chi connectivity index (χ1) is 10.1. The molecule has 1 aliphatic heterocycles. The summed E-state index contributed by atoms with van der Waals surface area (Å²) in [5, 5.41) is 19.2. The molecule has 2 N–H and O–H groups in total. The van der Waals surface area contributed by atoms with Gasteiger partial charge in [-0.25, -0.2) is 4.98 Å². The van der Waals surface area contributed by atoms with Gasteiger partial charge < -0.3 is 10.2 Å². The molecule has 3 aromatic rings. The van der Waals surface area contributed by atoms with Gasteiger partial charge >= 0.3 is 0 Å². The Morgan fingerprint density at radius 3 is 2.52 bits per heavy atom. The van der Waals surface area contributed by atoms with E-state index in [-0.39, 0.29) is 28.3 Å². The Hall–Kier alpha value is -3.15. The third kappa shape index (κ3) is 1.38. The lowest BCUT2D eigenvalue weighted by atomic mass is 10.1. The zero-order valence-electron chi connectivity index (χ0n) is 10.6. The molecule has 6 heteroatoms. The van der Waals surface area contributed by atoms with Gasteiger partial charge in [-0.05, 0) is 18.2 Å². The summed E-state index contributed by atoms with van der Waals surface area (Å²) in [5.74, 6) is -1.11. The van der Waals surface area contributed by atoms with Crippen LogP contribution in [-0.4, -0.2) is 25.5 Å². The minimum absolute atomic E-state index is 0.0128. The maximum atomic E-state index is 12.6. The molecule has 6 nitrogen and oxygen atoms in total. The van der Waals surface area contributed by atoms with Crippen LogP contribution in [0.5, 0.6) is 11.5 Å². The molecule has 0 saturated carbocycles. The number of fused-ring (bicyclic) bond motifs is 4. The number of rotatable bonds is 0. The van der Waals surface area contributed by atoms with E-state index in [1.807, 2.05) is 0 Å². The van der Waals surface area contributed by atoms with Crippen LogP contribution in [0.2, 0.25) is 0 Å². The molecule has 4 rings (SSSR count). The number of ketones is 1. The van der Waals surface area contributed by atoms with Crippen LogP contribution >= 0.6 is 0 Å². The van der Waals surface area contributed by atoms with Crippen LogP contribution in [0.25, 0.3) is 16.6 Å². The number of phenols is 2. The topological polar surface area (TPSA) is 92.4 Å². The number of hydrogen-bond donors (Lipinski definition) is 2. The minimum Gasteiger partial charge on any atom is -0.504 e. The fourth-order valence-corrected chi connectivity index (χ4v) is 2.57. The van der Waals surface area contributed by atoms with Crippen molar-refractivity contribution in [3.63, 3.8) is 0 Å².